The number of ether oxygens (including phenoxy) is 1. The number of anilines is 2. The summed E-state index contributed by atoms with van der Waals surface area (Å²) >= 11 is 0. The van der Waals surface area contributed by atoms with Gasteiger partial charge in [-0.1, -0.05) is 18.2 Å². The molecule has 0 heterocycles. The van der Waals surface area contributed by atoms with Crippen LogP contribution in [0.2, 0.25) is 0 Å². The summed E-state index contributed by atoms with van der Waals surface area (Å²) in [6.45, 7) is 1.72. The molecule has 0 saturated carbocycles. The SMILES string of the molecule is COc1cc(C(CC(=O)OF)c2ccc(C)c(CO)c2)cc(N)c1N(C)N. The van der Waals surface area contributed by atoms with E-state index in [-0.39, 0.29) is 13.0 Å². The number of nitrogens with two attached hydrogens (primary N) is 2. The minimum absolute atomic E-state index is 0.150. The van der Waals surface area contributed by atoms with E-state index in [4.69, 9.17) is 16.3 Å². The lowest BCUT2D eigenvalue weighted by molar-refractivity contribution is -0.183. The number of methoxy groups -OCH3 is 1. The van der Waals surface area contributed by atoms with E-state index in [0.29, 0.717) is 33.8 Å². The van der Waals surface area contributed by atoms with Crippen molar-refractivity contribution in [2.24, 2.45) is 5.84 Å². The second-order valence-corrected chi connectivity index (χ2v) is 6.32. The number of carbonyl (C=O) groups is 1. The van der Waals surface area contributed by atoms with Crippen molar-refractivity contribution in [3.05, 3.63) is 52.6 Å². The molecule has 27 heavy (non-hydrogen) atoms. The number of nitrogen functional groups attached to an aromatic ring is 1. The Morgan fingerprint density at radius 3 is 2.56 bits per heavy atom. The Morgan fingerprint density at radius 1 is 1.30 bits per heavy atom. The van der Waals surface area contributed by atoms with E-state index in [0.717, 1.165) is 5.56 Å². The molecular weight excluding hydrogens is 353 g/mol. The molecule has 1 atom stereocenters. The van der Waals surface area contributed by atoms with Crippen LogP contribution in [0.3, 0.4) is 0 Å². The molecule has 0 spiro atoms. The maximum Gasteiger partial charge on any atom is 0.349 e. The minimum atomic E-state index is -1.01. The number of rotatable bonds is 7. The molecule has 2 aromatic carbocycles. The Balaban J connectivity index is 2.61. The van der Waals surface area contributed by atoms with E-state index < -0.39 is 11.9 Å². The van der Waals surface area contributed by atoms with Crippen LogP contribution in [0.1, 0.15) is 34.6 Å². The zero-order valence-electron chi connectivity index (χ0n) is 15.5. The largest absolute Gasteiger partial charge is 0.494 e. The second-order valence-electron chi connectivity index (χ2n) is 6.32. The van der Waals surface area contributed by atoms with E-state index in [1.165, 1.54) is 12.1 Å². The highest BCUT2D eigenvalue weighted by Crippen LogP contribution is 2.39. The van der Waals surface area contributed by atoms with Crippen molar-refractivity contribution in [3.8, 4) is 5.75 Å². The van der Waals surface area contributed by atoms with Gasteiger partial charge in [-0.3, -0.25) is 4.94 Å². The number of aliphatic hydroxyl groups excluding tert-OH is 1. The molecule has 1 unspecified atom stereocenters. The number of carbonyl (C=O) groups excluding carboxylic acids is 1. The fraction of sp³-hybridized carbons (Fsp3) is 0.316. The molecule has 0 aliphatic rings. The first kappa shape index (κ1) is 20.5. The molecule has 0 radical (unpaired) electrons. The highest BCUT2D eigenvalue weighted by atomic mass is 19.3. The van der Waals surface area contributed by atoms with Crippen molar-refractivity contribution in [3.63, 3.8) is 0 Å². The number of hydrogen-bond donors (Lipinski definition) is 3. The zero-order valence-corrected chi connectivity index (χ0v) is 15.5. The normalized spacial score (nSPS) is 11.8. The van der Waals surface area contributed by atoms with E-state index in [2.05, 4.69) is 4.94 Å². The Bertz CT molecular complexity index is 827. The lowest BCUT2D eigenvalue weighted by Gasteiger charge is -2.23. The first-order valence-electron chi connectivity index (χ1n) is 8.29. The van der Waals surface area contributed by atoms with Crippen LogP contribution in [-0.2, 0) is 16.3 Å². The van der Waals surface area contributed by atoms with Gasteiger partial charge in [-0.25, -0.2) is 10.6 Å². The maximum absolute atomic E-state index is 12.4. The number of nitrogens with zero attached hydrogens (tertiary/aromatic N) is 1. The molecule has 8 heteroatoms. The van der Waals surface area contributed by atoms with Gasteiger partial charge in [0.25, 0.3) is 0 Å². The second kappa shape index (κ2) is 8.70. The van der Waals surface area contributed by atoms with Gasteiger partial charge in [-0.05, 0) is 41.3 Å². The highest BCUT2D eigenvalue weighted by Gasteiger charge is 2.23. The summed E-state index contributed by atoms with van der Waals surface area (Å²) in [6, 6.07) is 8.78. The lowest BCUT2D eigenvalue weighted by Crippen LogP contribution is -2.26. The average Bonchev–Trinajstić information content (AvgIpc) is 2.65. The molecule has 0 amide bonds. The van der Waals surface area contributed by atoms with E-state index in [1.807, 2.05) is 19.1 Å². The standard InChI is InChI=1S/C19H24FN3O4/c1-11-4-5-12(6-14(11)10-24)15(9-18(25)27-20)13-7-16(21)19(23(2)22)17(8-13)26-3/h4-8,15,24H,9-10,21-22H2,1-3H3. The van der Waals surface area contributed by atoms with E-state index in [9.17, 15) is 14.4 Å². The third-order valence-corrected chi connectivity index (χ3v) is 4.50. The summed E-state index contributed by atoms with van der Waals surface area (Å²) in [5.41, 5.74) is 9.94. The van der Waals surface area contributed by atoms with Crippen LogP contribution in [0.25, 0.3) is 0 Å². The average molecular weight is 377 g/mol. The number of aliphatic hydroxyl groups is 1. The molecule has 0 aliphatic heterocycles. The molecule has 2 rings (SSSR count). The molecule has 0 bridgehead atoms. The molecule has 146 valence electrons. The van der Waals surface area contributed by atoms with Crippen molar-refractivity contribution in [2.45, 2.75) is 25.9 Å². The van der Waals surface area contributed by atoms with Crippen molar-refractivity contribution in [1.82, 2.24) is 0 Å². The van der Waals surface area contributed by atoms with Gasteiger partial charge in [0, 0.05) is 17.5 Å². The van der Waals surface area contributed by atoms with Crippen LogP contribution in [0.4, 0.5) is 15.9 Å². The topological polar surface area (TPSA) is 111 Å². The third kappa shape index (κ3) is 4.47. The summed E-state index contributed by atoms with van der Waals surface area (Å²) in [5.74, 6) is 4.67. The van der Waals surface area contributed by atoms with Crippen molar-refractivity contribution >= 4 is 17.3 Å². The van der Waals surface area contributed by atoms with Crippen LogP contribution < -0.4 is 21.3 Å². The van der Waals surface area contributed by atoms with Gasteiger partial charge in [0.2, 0.25) is 0 Å². The fourth-order valence-corrected chi connectivity index (χ4v) is 3.09. The Labute approximate surface area is 157 Å². The lowest BCUT2D eigenvalue weighted by atomic mass is 9.86. The van der Waals surface area contributed by atoms with Gasteiger partial charge in [0.15, 0.2) is 0 Å². The minimum Gasteiger partial charge on any atom is -0.494 e. The smallest absolute Gasteiger partial charge is 0.349 e. The summed E-state index contributed by atoms with van der Waals surface area (Å²) in [6.07, 6.45) is -0.245. The van der Waals surface area contributed by atoms with Crippen LogP contribution in [0.15, 0.2) is 30.3 Å². The van der Waals surface area contributed by atoms with Crippen LogP contribution in [0, 0.1) is 6.92 Å². The number of benzene rings is 2. The zero-order chi connectivity index (χ0) is 20.1. The van der Waals surface area contributed by atoms with Gasteiger partial charge < -0.3 is 20.6 Å². The summed E-state index contributed by atoms with van der Waals surface area (Å²) in [7, 11) is 3.10. The predicted octanol–water partition coefficient (Wildman–Crippen LogP) is 2.34. The van der Waals surface area contributed by atoms with Gasteiger partial charge in [-0.2, -0.15) is 0 Å². The van der Waals surface area contributed by atoms with Gasteiger partial charge >= 0.3 is 5.97 Å². The van der Waals surface area contributed by atoms with Crippen molar-refractivity contribution in [2.75, 3.05) is 24.9 Å². The number of halogens is 1. The van der Waals surface area contributed by atoms with Crippen LogP contribution in [-0.4, -0.2) is 25.2 Å². The van der Waals surface area contributed by atoms with Gasteiger partial charge in [-0.15, -0.1) is 0 Å². The summed E-state index contributed by atoms with van der Waals surface area (Å²) in [4.78, 5) is 15.0. The highest BCUT2D eigenvalue weighted by molar-refractivity contribution is 5.77. The molecule has 2 aromatic rings. The molecule has 0 aromatic heterocycles. The number of aryl methyl sites for hydroxylation is 1. The monoisotopic (exact) mass is 377 g/mol. The molecule has 5 N–H and O–H groups in total. The molecule has 0 saturated heterocycles. The van der Waals surface area contributed by atoms with E-state index in [1.54, 1.807) is 25.2 Å². The third-order valence-electron chi connectivity index (χ3n) is 4.50. The number of hydrogen-bond acceptors (Lipinski definition) is 7. The molecular formula is C19H24FN3O4. The summed E-state index contributed by atoms with van der Waals surface area (Å²) < 4.78 is 17.8. The fourth-order valence-electron chi connectivity index (χ4n) is 3.09. The van der Waals surface area contributed by atoms with Crippen molar-refractivity contribution in [1.29, 1.82) is 0 Å². The molecule has 7 nitrogen and oxygen atoms in total. The van der Waals surface area contributed by atoms with Crippen LogP contribution in [0.5, 0.6) is 5.75 Å². The van der Waals surface area contributed by atoms with E-state index >= 15 is 0 Å². The summed E-state index contributed by atoms with van der Waals surface area (Å²) in [5, 5.41) is 10.9. The Kier molecular flexibility index (Phi) is 6.59. The first-order valence-corrected chi connectivity index (χ1v) is 8.29. The quantitative estimate of drug-likeness (QED) is 0.386. The Hall–Kier alpha value is -2.84. The maximum atomic E-state index is 12.4. The number of hydrazine groups is 1. The molecule has 0 fully saturated rings. The molecule has 0 aliphatic carbocycles. The first-order chi connectivity index (χ1) is 12.8. The van der Waals surface area contributed by atoms with Gasteiger partial charge in [0.1, 0.15) is 11.4 Å². The van der Waals surface area contributed by atoms with Crippen molar-refractivity contribution < 1.29 is 24.1 Å². The Morgan fingerprint density at radius 2 is 2.00 bits per heavy atom. The predicted molar refractivity (Wildman–Crippen MR) is 101 cm³/mol. The van der Waals surface area contributed by atoms with Gasteiger partial charge in [0.05, 0.1) is 25.8 Å². The van der Waals surface area contributed by atoms with Crippen LogP contribution >= 0.6 is 0 Å².